The third-order valence-electron chi connectivity index (χ3n) is 5.53. The summed E-state index contributed by atoms with van der Waals surface area (Å²) in [6.07, 6.45) is 6.29. The molecule has 5 rings (SSSR count). The van der Waals surface area contributed by atoms with Crippen LogP contribution in [0.25, 0.3) is 11.0 Å². The molecular weight excluding hydrogens is 480 g/mol. The van der Waals surface area contributed by atoms with Crippen molar-refractivity contribution in [3.63, 3.8) is 0 Å². The zero-order valence-corrected chi connectivity index (χ0v) is 19.0. The fourth-order valence-corrected chi connectivity index (χ4v) is 5.30. The van der Waals surface area contributed by atoms with Gasteiger partial charge in [0, 0.05) is 22.8 Å². The van der Waals surface area contributed by atoms with Crippen molar-refractivity contribution in [1.82, 2.24) is 15.2 Å². The van der Waals surface area contributed by atoms with Gasteiger partial charge in [0.15, 0.2) is 24.0 Å². The van der Waals surface area contributed by atoms with Crippen molar-refractivity contribution in [1.29, 1.82) is 0 Å². The van der Waals surface area contributed by atoms with Crippen LogP contribution < -0.4 is 15.6 Å². The molecule has 3 aromatic heterocycles. The first-order valence-corrected chi connectivity index (χ1v) is 11.3. The molecule has 1 fully saturated rings. The molecule has 13 nitrogen and oxygen atoms in total. The lowest BCUT2D eigenvalue weighted by molar-refractivity contribution is -0.688. The molecule has 2 aliphatic rings. The number of carboxylic acid groups (broad SMARTS) is 1. The molecular formula is C21H19N6O7S+. The van der Waals surface area contributed by atoms with Gasteiger partial charge >= 0.3 is 5.97 Å². The van der Waals surface area contributed by atoms with E-state index in [2.05, 4.69) is 15.5 Å². The van der Waals surface area contributed by atoms with Crippen molar-refractivity contribution in [2.45, 2.75) is 18.0 Å². The number of nitrogens with one attached hydrogen (secondary N) is 1. The molecule has 0 bridgehead atoms. The second kappa shape index (κ2) is 8.79. The van der Waals surface area contributed by atoms with Crippen LogP contribution in [-0.4, -0.2) is 62.8 Å². The van der Waals surface area contributed by atoms with Crippen molar-refractivity contribution in [2.24, 2.45) is 5.16 Å². The van der Waals surface area contributed by atoms with Crippen LogP contribution in [0.1, 0.15) is 5.69 Å². The quantitative estimate of drug-likeness (QED) is 0.175. The van der Waals surface area contributed by atoms with Gasteiger partial charge < -0.3 is 29.8 Å². The second-order valence-corrected chi connectivity index (χ2v) is 8.77. The van der Waals surface area contributed by atoms with E-state index < -0.39 is 29.2 Å². The Bertz CT molecular complexity index is 1410. The number of furan rings is 1. The maximum atomic E-state index is 13.0. The number of anilines is 1. The van der Waals surface area contributed by atoms with Crippen molar-refractivity contribution in [3.05, 3.63) is 54.0 Å². The smallest absolute Gasteiger partial charge is 0.352 e. The summed E-state index contributed by atoms with van der Waals surface area (Å²) < 4.78 is 12.1. The highest BCUT2D eigenvalue weighted by atomic mass is 32.2. The Morgan fingerprint density at radius 3 is 2.97 bits per heavy atom. The van der Waals surface area contributed by atoms with Crippen molar-refractivity contribution in [2.75, 3.05) is 18.6 Å². The van der Waals surface area contributed by atoms with Crippen LogP contribution >= 0.6 is 11.8 Å². The number of β-lactam (4-membered cyclic amide) rings is 1. The average molecular weight is 499 g/mol. The van der Waals surface area contributed by atoms with Crippen LogP contribution in [0.3, 0.4) is 0 Å². The van der Waals surface area contributed by atoms with Crippen molar-refractivity contribution in [3.8, 4) is 0 Å². The number of carboxylic acids is 1. The Labute approximate surface area is 201 Å². The largest absolute Gasteiger partial charge is 0.477 e. The highest BCUT2D eigenvalue weighted by Crippen LogP contribution is 2.40. The molecule has 2 aliphatic heterocycles. The maximum Gasteiger partial charge on any atom is 0.352 e. The molecule has 2 amide bonds. The summed E-state index contributed by atoms with van der Waals surface area (Å²) >= 11 is 1.35. The number of nitrogens with zero attached hydrogens (tertiary/aromatic N) is 4. The average Bonchev–Trinajstić information content (AvgIpc) is 3.48. The number of aliphatic carboxylic acids is 1. The number of nitrogens with two attached hydrogens (primary N) is 1. The first-order valence-electron chi connectivity index (χ1n) is 10.3. The third kappa shape index (κ3) is 3.97. The molecule has 35 heavy (non-hydrogen) atoms. The van der Waals surface area contributed by atoms with Crippen LogP contribution in [0, 0.1) is 0 Å². The summed E-state index contributed by atoms with van der Waals surface area (Å²) in [6, 6.07) is 2.57. The number of rotatable bonds is 7. The fourth-order valence-electron chi connectivity index (χ4n) is 3.97. The van der Waals surface area contributed by atoms with E-state index >= 15 is 0 Å². The number of fused-ring (bicyclic) bond motifs is 2. The topological polar surface area (TPSA) is 177 Å². The minimum atomic E-state index is -1.22. The summed E-state index contributed by atoms with van der Waals surface area (Å²) in [6.45, 7) is 0.261. The number of pyridine rings is 1. The van der Waals surface area contributed by atoms with Gasteiger partial charge in [-0.3, -0.25) is 14.5 Å². The molecule has 2 atom stereocenters. The van der Waals surface area contributed by atoms with Crippen molar-refractivity contribution < 1.29 is 37.7 Å². The first-order chi connectivity index (χ1) is 16.9. The number of oxazole rings is 1. The minimum absolute atomic E-state index is 0.0285. The number of oxime groups is 1. The Morgan fingerprint density at radius 1 is 1.43 bits per heavy atom. The predicted octanol–water partition coefficient (Wildman–Crippen LogP) is 0.0798. The SMILES string of the molecule is CON=C(C(=O)NC1C(=O)N2C(C(=O)O)=C(C[n+]3ccc4ccoc4c3)CS[C@@H]12)c1coc(N)n1. The van der Waals surface area contributed by atoms with Crippen LogP contribution in [-0.2, 0) is 25.8 Å². The molecule has 4 N–H and O–H groups in total. The van der Waals surface area contributed by atoms with E-state index in [0.717, 1.165) is 11.6 Å². The molecule has 0 radical (unpaired) electrons. The molecule has 0 spiro atoms. The van der Waals surface area contributed by atoms with E-state index in [0.29, 0.717) is 16.9 Å². The van der Waals surface area contributed by atoms with Gasteiger partial charge in [0.2, 0.25) is 6.20 Å². The molecule has 0 saturated carbocycles. The van der Waals surface area contributed by atoms with E-state index in [9.17, 15) is 19.5 Å². The van der Waals surface area contributed by atoms with E-state index in [1.165, 1.54) is 23.8 Å². The zero-order chi connectivity index (χ0) is 24.7. The van der Waals surface area contributed by atoms with Crippen LogP contribution in [0.15, 0.2) is 62.3 Å². The number of hydrogen-bond acceptors (Lipinski definition) is 10. The highest BCUT2D eigenvalue weighted by molar-refractivity contribution is 8.00. The number of carbonyl (C=O) groups is 3. The lowest BCUT2D eigenvalue weighted by atomic mass is 10.0. The third-order valence-corrected chi connectivity index (χ3v) is 6.87. The van der Waals surface area contributed by atoms with Crippen LogP contribution in [0.2, 0.25) is 0 Å². The van der Waals surface area contributed by atoms with E-state index in [1.54, 1.807) is 17.0 Å². The number of amides is 2. The van der Waals surface area contributed by atoms with Crippen LogP contribution in [0.5, 0.6) is 0 Å². The summed E-state index contributed by atoms with van der Waals surface area (Å²) in [5.74, 6) is -2.16. The lowest BCUT2D eigenvalue weighted by Gasteiger charge is -2.49. The van der Waals surface area contributed by atoms with Gasteiger partial charge in [0.25, 0.3) is 17.8 Å². The standard InChI is InChI=1S/C21H18N6O7S/c1-32-25-14(12-8-34-21(22)23-12)17(28)24-15-18(29)27-16(20(30)31)11(9-35-19(15)27)6-26-4-2-10-3-5-33-13(10)7-26/h2-5,7-8,15,19H,6,9H2,1H3,(H3-,22,23,24,28,30,31)/p+1/t15?,19-/m0/s1. The van der Waals surface area contributed by atoms with Gasteiger partial charge in [0.1, 0.15) is 36.2 Å². The zero-order valence-electron chi connectivity index (χ0n) is 18.2. The molecule has 0 aliphatic carbocycles. The second-order valence-electron chi connectivity index (χ2n) is 7.67. The summed E-state index contributed by atoms with van der Waals surface area (Å²) in [7, 11) is 1.25. The minimum Gasteiger partial charge on any atom is -0.477 e. The first kappa shape index (κ1) is 22.5. The van der Waals surface area contributed by atoms with Gasteiger partial charge in [0.05, 0.1) is 6.26 Å². The molecule has 5 heterocycles. The molecule has 0 aromatic carbocycles. The van der Waals surface area contributed by atoms with E-state index in [-0.39, 0.29) is 29.7 Å². The Balaban J connectivity index is 1.36. The van der Waals surface area contributed by atoms with Gasteiger partial charge in [-0.05, 0) is 6.07 Å². The van der Waals surface area contributed by atoms with E-state index in [1.807, 2.05) is 18.3 Å². The summed E-state index contributed by atoms with van der Waals surface area (Å²) in [5.41, 5.74) is 6.38. The van der Waals surface area contributed by atoms with Crippen molar-refractivity contribution >= 4 is 52.2 Å². The Kier molecular flexibility index (Phi) is 5.64. The fraction of sp³-hybridized carbons (Fsp3) is 0.238. The number of hydrogen-bond donors (Lipinski definition) is 3. The molecule has 1 unspecified atom stereocenters. The predicted molar refractivity (Wildman–Crippen MR) is 121 cm³/mol. The maximum absolute atomic E-state index is 13.0. The Hall–Kier alpha value is -4.33. The molecule has 14 heteroatoms. The number of aromatic nitrogens is 2. The lowest BCUT2D eigenvalue weighted by Crippen LogP contribution is -2.71. The molecule has 1 saturated heterocycles. The molecule has 3 aromatic rings. The van der Waals surface area contributed by atoms with Gasteiger partial charge in [-0.1, -0.05) is 5.16 Å². The van der Waals surface area contributed by atoms with Crippen LogP contribution in [0.4, 0.5) is 6.01 Å². The summed E-state index contributed by atoms with van der Waals surface area (Å²) in [5, 5.41) is 16.5. The molecule has 180 valence electrons. The van der Waals surface area contributed by atoms with Gasteiger partial charge in [-0.25, -0.2) is 4.79 Å². The number of carbonyl (C=O) groups excluding carboxylic acids is 2. The monoisotopic (exact) mass is 499 g/mol. The number of thioether (sulfide) groups is 1. The Morgan fingerprint density at radius 2 is 2.26 bits per heavy atom. The highest BCUT2D eigenvalue weighted by Gasteiger charge is 2.54. The van der Waals surface area contributed by atoms with E-state index in [4.69, 9.17) is 19.4 Å². The number of nitrogen functional groups attached to an aromatic ring is 1. The summed E-state index contributed by atoms with van der Waals surface area (Å²) in [4.78, 5) is 47.6. The van der Waals surface area contributed by atoms with Gasteiger partial charge in [-0.2, -0.15) is 9.55 Å². The normalized spacial score (nSPS) is 20.0. The van der Waals surface area contributed by atoms with Gasteiger partial charge in [-0.15, -0.1) is 11.8 Å².